The summed E-state index contributed by atoms with van der Waals surface area (Å²) in [6.45, 7) is 0. The van der Waals surface area contributed by atoms with Crippen LogP contribution < -0.4 is 16.1 Å². The van der Waals surface area contributed by atoms with Crippen molar-refractivity contribution in [3.05, 3.63) is 56.7 Å². The summed E-state index contributed by atoms with van der Waals surface area (Å²) < 4.78 is 51.6. The molecule has 0 N–H and O–H groups in total. The molecule has 2 aromatic heterocycles. The van der Waals surface area contributed by atoms with Gasteiger partial charge in [0.25, 0.3) is 0 Å². The van der Waals surface area contributed by atoms with E-state index in [1.165, 1.54) is 24.4 Å². The summed E-state index contributed by atoms with van der Waals surface area (Å²) in [4.78, 5) is 31.8. The monoisotopic (exact) mass is 339 g/mol. The Balaban J connectivity index is 2.71. The van der Waals surface area contributed by atoms with E-state index in [1.807, 2.05) is 0 Å². The number of halogens is 5. The molecule has 0 fully saturated rings. The summed E-state index contributed by atoms with van der Waals surface area (Å²) in [7, 11) is 0. The van der Waals surface area contributed by atoms with Gasteiger partial charge in [0.1, 0.15) is 6.00 Å². The lowest BCUT2D eigenvalue weighted by Crippen LogP contribution is -2.47. The summed E-state index contributed by atoms with van der Waals surface area (Å²) >= 11 is 5.25. The van der Waals surface area contributed by atoms with E-state index in [0.29, 0.717) is 0 Å². The third-order valence-corrected chi connectivity index (χ3v) is 2.70. The van der Waals surface area contributed by atoms with Crippen molar-refractivity contribution in [2.75, 3.05) is 0 Å². The predicted octanol–water partition coefficient (Wildman–Crippen LogP) is 1.60. The van der Waals surface area contributed by atoms with E-state index in [4.69, 9.17) is 16.4 Å². The number of alkyl halides is 4. The second-order valence-corrected chi connectivity index (χ2v) is 4.09. The Morgan fingerprint density at radius 3 is 2.45 bits per heavy atom. The highest BCUT2D eigenvalue weighted by Crippen LogP contribution is 2.29. The van der Waals surface area contributed by atoms with Gasteiger partial charge in [0.2, 0.25) is 11.7 Å². The highest BCUT2D eigenvalue weighted by atomic mass is 35.5. The van der Waals surface area contributed by atoms with Gasteiger partial charge in [-0.1, -0.05) is 10.8 Å². The molecule has 0 aliphatic heterocycles. The number of pyridine rings is 1. The number of hydrogen-bond donors (Lipinski definition) is 0. The smallest absolute Gasteiger partial charge is 0.347 e. The van der Waals surface area contributed by atoms with E-state index in [1.54, 1.807) is 0 Å². The van der Waals surface area contributed by atoms with Crippen LogP contribution in [0.25, 0.3) is 0 Å². The summed E-state index contributed by atoms with van der Waals surface area (Å²) in [6.07, 6.45) is -4.04. The highest BCUT2D eigenvalue weighted by Gasteiger charge is 2.40. The van der Waals surface area contributed by atoms with Crippen molar-refractivity contribution in [3.8, 4) is 5.88 Å². The van der Waals surface area contributed by atoms with Crippen molar-refractivity contribution in [2.24, 2.45) is 0 Å². The molecule has 2 rings (SSSR count). The lowest BCUT2D eigenvalue weighted by molar-refractivity contribution is -0.147. The fourth-order valence-electron chi connectivity index (χ4n) is 1.56. The molecule has 0 amide bonds. The Kier molecular flexibility index (Phi) is 4.22. The molecule has 0 aromatic carbocycles. The van der Waals surface area contributed by atoms with Crippen molar-refractivity contribution in [2.45, 2.75) is 12.2 Å². The van der Waals surface area contributed by atoms with Gasteiger partial charge >= 0.3 is 17.4 Å². The first-order valence-electron chi connectivity index (χ1n) is 5.55. The number of rotatable bonds is 3. The highest BCUT2D eigenvalue weighted by molar-refractivity contribution is 6.15. The first kappa shape index (κ1) is 16.0. The normalized spacial score (nSPS) is 11.5. The number of nitrogens with zero attached hydrogens (tertiary/aromatic N) is 3. The summed E-state index contributed by atoms with van der Waals surface area (Å²) in [5, 5.41) is 0. The van der Waals surface area contributed by atoms with Crippen molar-refractivity contribution in [1.29, 1.82) is 0 Å². The van der Waals surface area contributed by atoms with Crippen molar-refractivity contribution >= 4 is 11.6 Å². The third-order valence-electron chi connectivity index (χ3n) is 2.47. The minimum Gasteiger partial charge on any atom is -0.347 e. The van der Waals surface area contributed by atoms with Gasteiger partial charge < -0.3 is 4.84 Å². The van der Waals surface area contributed by atoms with E-state index >= 15 is 0 Å². The van der Waals surface area contributed by atoms with Gasteiger partial charge in [0, 0.05) is 12.3 Å². The number of aromatic nitrogens is 3. The Morgan fingerprint density at radius 2 is 1.95 bits per heavy atom. The molecule has 11 heteroatoms. The van der Waals surface area contributed by atoms with Crippen LogP contribution in [0.3, 0.4) is 0 Å². The largest absolute Gasteiger partial charge is 0.434 e. The zero-order chi connectivity index (χ0) is 16.5. The molecule has 0 saturated heterocycles. The van der Waals surface area contributed by atoms with Crippen molar-refractivity contribution in [3.63, 3.8) is 0 Å². The molecule has 118 valence electrons. The summed E-state index contributed by atoms with van der Waals surface area (Å²) in [5.41, 5.74) is -5.55. The average molecular weight is 340 g/mol. The van der Waals surface area contributed by atoms with Crippen LogP contribution in [0.5, 0.6) is 5.88 Å². The number of hydrogen-bond acceptors (Lipinski definition) is 4. The van der Waals surface area contributed by atoms with E-state index in [9.17, 15) is 27.2 Å². The first-order valence-corrected chi connectivity index (χ1v) is 6.08. The lowest BCUT2D eigenvalue weighted by atomic mass is 10.3. The van der Waals surface area contributed by atoms with Gasteiger partial charge in [-0.15, -0.1) is 11.6 Å². The second kappa shape index (κ2) is 5.79. The van der Waals surface area contributed by atoms with Gasteiger partial charge in [-0.05, 0) is 6.07 Å². The van der Waals surface area contributed by atoms with Gasteiger partial charge in [0.15, 0.2) is 5.69 Å². The molecule has 0 atom stereocenters. The predicted molar refractivity (Wildman–Crippen MR) is 66.0 cm³/mol. The van der Waals surface area contributed by atoms with Crippen LogP contribution in [0.15, 0.2) is 34.0 Å². The maximum absolute atomic E-state index is 13.7. The van der Waals surface area contributed by atoms with Gasteiger partial charge in [0.05, 0.1) is 0 Å². The summed E-state index contributed by atoms with van der Waals surface area (Å²) in [5.74, 6) is -2.49. The molecule has 0 spiro atoms. The molecule has 2 heterocycles. The summed E-state index contributed by atoms with van der Waals surface area (Å²) in [6, 6.07) is 3.09. The Morgan fingerprint density at radius 1 is 1.27 bits per heavy atom. The van der Waals surface area contributed by atoms with Crippen LogP contribution in [-0.4, -0.2) is 14.3 Å². The van der Waals surface area contributed by atoms with E-state index in [2.05, 4.69) is 4.98 Å². The van der Waals surface area contributed by atoms with E-state index < -0.39 is 34.9 Å². The molecular weight excluding hydrogens is 334 g/mol. The molecule has 0 saturated carbocycles. The topological polar surface area (TPSA) is 66.1 Å². The molecular formula is C11H6ClF4N3O3. The molecule has 2 aromatic rings. The Hall–Kier alpha value is -2.36. The van der Waals surface area contributed by atoms with Gasteiger partial charge in [-0.2, -0.15) is 17.6 Å². The average Bonchev–Trinajstić information content (AvgIpc) is 2.47. The van der Waals surface area contributed by atoms with Gasteiger partial charge in [-0.25, -0.2) is 9.78 Å². The quantitative estimate of drug-likeness (QED) is 0.629. The molecule has 0 unspecified atom stereocenters. The van der Waals surface area contributed by atoms with Crippen LogP contribution >= 0.6 is 11.6 Å². The van der Waals surface area contributed by atoms with Gasteiger partial charge in [-0.3, -0.25) is 9.36 Å². The molecule has 0 aliphatic rings. The fourth-order valence-corrected chi connectivity index (χ4v) is 1.79. The molecule has 0 bridgehead atoms. The van der Waals surface area contributed by atoms with Crippen molar-refractivity contribution < 1.29 is 22.4 Å². The molecule has 6 nitrogen and oxygen atoms in total. The zero-order valence-corrected chi connectivity index (χ0v) is 11.2. The minimum absolute atomic E-state index is 0.165. The second-order valence-electron chi connectivity index (χ2n) is 3.85. The van der Waals surface area contributed by atoms with E-state index in [0.717, 1.165) is 0 Å². The van der Waals surface area contributed by atoms with Crippen molar-refractivity contribution in [1.82, 2.24) is 14.3 Å². The SMILES string of the molecule is O=c1c(F)c(C(F)(F)F)n(CCl)c(=O)n1Oc1ccccn1. The minimum atomic E-state index is -5.28. The molecule has 0 aliphatic carbocycles. The van der Waals surface area contributed by atoms with Crippen LogP contribution in [0.4, 0.5) is 17.6 Å². The fraction of sp³-hybridized carbons (Fsp3) is 0.182. The van der Waals surface area contributed by atoms with E-state index in [-0.39, 0.29) is 15.2 Å². The standard InChI is InChI=1S/C11H6ClF4N3O3/c12-5-18-8(11(14,15)16)7(13)9(20)19(10(18)21)22-6-3-1-2-4-17-6/h1-4H,5H2. The molecule has 22 heavy (non-hydrogen) atoms. The van der Waals surface area contributed by atoms with Crippen LogP contribution in [0, 0.1) is 5.82 Å². The zero-order valence-electron chi connectivity index (χ0n) is 10.5. The Labute approximate surface area is 124 Å². The van der Waals surface area contributed by atoms with Crippen LogP contribution in [-0.2, 0) is 12.2 Å². The van der Waals surface area contributed by atoms with Crippen LogP contribution in [0.1, 0.15) is 5.69 Å². The first-order chi connectivity index (χ1) is 10.3. The maximum Gasteiger partial charge on any atom is 0.434 e. The lowest BCUT2D eigenvalue weighted by Gasteiger charge is -2.15. The van der Waals surface area contributed by atoms with Crippen LogP contribution in [0.2, 0.25) is 0 Å². The molecule has 0 radical (unpaired) electrons. The Bertz CT molecular complexity index is 801. The third kappa shape index (κ3) is 2.82. The maximum atomic E-state index is 13.7.